The van der Waals surface area contributed by atoms with Crippen LogP contribution < -0.4 is 0 Å². The number of carbonyl (C=O) groups excluding carboxylic acids is 2. The van der Waals surface area contributed by atoms with Crippen LogP contribution in [0.4, 0.5) is 4.39 Å². The predicted octanol–water partition coefficient (Wildman–Crippen LogP) is 2.77. The Hall–Kier alpha value is -2.70. The Bertz CT molecular complexity index is 860. The van der Waals surface area contributed by atoms with Crippen LogP contribution in [0.2, 0.25) is 0 Å². The summed E-state index contributed by atoms with van der Waals surface area (Å²) in [7, 11) is 1.75. The molecule has 1 aliphatic heterocycles. The Labute approximate surface area is 164 Å². The van der Waals surface area contributed by atoms with Crippen LogP contribution in [0, 0.1) is 18.7 Å². The smallest absolute Gasteiger partial charge is 0.272 e. The second-order valence-corrected chi connectivity index (χ2v) is 7.76. The summed E-state index contributed by atoms with van der Waals surface area (Å²) in [6, 6.07) is 7.87. The van der Waals surface area contributed by atoms with E-state index in [-0.39, 0.29) is 36.0 Å². The van der Waals surface area contributed by atoms with Gasteiger partial charge in [0.05, 0.1) is 11.7 Å². The Balaban J connectivity index is 1.84. The third-order valence-electron chi connectivity index (χ3n) is 5.27. The van der Waals surface area contributed by atoms with Crippen LogP contribution in [0.1, 0.15) is 42.0 Å². The van der Waals surface area contributed by atoms with Crippen molar-refractivity contribution in [2.45, 2.75) is 39.8 Å². The molecule has 1 saturated heterocycles. The highest BCUT2D eigenvalue weighted by Gasteiger charge is 2.34. The van der Waals surface area contributed by atoms with Gasteiger partial charge in [-0.25, -0.2) is 4.39 Å². The number of hydrogen-bond donors (Lipinski definition) is 0. The van der Waals surface area contributed by atoms with Crippen LogP contribution in [0.25, 0.3) is 0 Å². The lowest BCUT2D eigenvalue weighted by Crippen LogP contribution is -2.47. The third-order valence-corrected chi connectivity index (χ3v) is 5.27. The second-order valence-electron chi connectivity index (χ2n) is 7.76. The van der Waals surface area contributed by atoms with Gasteiger partial charge in [0, 0.05) is 33.1 Å². The highest BCUT2D eigenvalue weighted by molar-refractivity contribution is 5.93. The number of aryl methyl sites for hydroxylation is 2. The number of amides is 2. The molecule has 0 N–H and O–H groups in total. The molecule has 2 amide bonds. The van der Waals surface area contributed by atoms with Gasteiger partial charge < -0.3 is 9.80 Å². The van der Waals surface area contributed by atoms with Gasteiger partial charge in [0.25, 0.3) is 5.91 Å². The fourth-order valence-corrected chi connectivity index (χ4v) is 3.69. The number of nitrogens with zero attached hydrogens (tertiary/aromatic N) is 4. The van der Waals surface area contributed by atoms with Crippen LogP contribution in [0.3, 0.4) is 0 Å². The molecule has 2 heterocycles. The summed E-state index contributed by atoms with van der Waals surface area (Å²) in [5.74, 6) is -0.217. The van der Waals surface area contributed by atoms with E-state index in [0.29, 0.717) is 25.3 Å². The van der Waals surface area contributed by atoms with E-state index in [1.807, 2.05) is 11.8 Å². The van der Waals surface area contributed by atoms with Gasteiger partial charge in [-0.1, -0.05) is 26.0 Å². The minimum Gasteiger partial charge on any atom is -0.335 e. The van der Waals surface area contributed by atoms with Crippen molar-refractivity contribution in [1.29, 1.82) is 0 Å². The maximum Gasteiger partial charge on any atom is 0.272 e. The van der Waals surface area contributed by atoms with E-state index in [2.05, 4.69) is 18.9 Å². The maximum atomic E-state index is 13.2. The molecule has 0 saturated carbocycles. The van der Waals surface area contributed by atoms with E-state index in [4.69, 9.17) is 0 Å². The molecule has 6 nitrogen and oxygen atoms in total. The van der Waals surface area contributed by atoms with Crippen LogP contribution in [-0.2, 0) is 18.4 Å². The average Bonchev–Trinajstić information content (AvgIpc) is 2.89. The summed E-state index contributed by atoms with van der Waals surface area (Å²) in [5.41, 5.74) is 2.19. The molecule has 1 aromatic heterocycles. The normalized spacial score (nSPS) is 17.9. The summed E-state index contributed by atoms with van der Waals surface area (Å²) in [6.07, 6.45) is 0.271. The van der Waals surface area contributed by atoms with E-state index in [1.165, 1.54) is 12.1 Å². The fourth-order valence-electron chi connectivity index (χ4n) is 3.69. The molecule has 0 bridgehead atoms. The van der Waals surface area contributed by atoms with E-state index in [1.54, 1.807) is 34.8 Å². The first-order valence-corrected chi connectivity index (χ1v) is 9.60. The molecule has 0 radical (unpaired) electrons. The first-order valence-electron chi connectivity index (χ1n) is 9.60. The predicted molar refractivity (Wildman–Crippen MR) is 104 cm³/mol. The second kappa shape index (κ2) is 8.12. The summed E-state index contributed by atoms with van der Waals surface area (Å²) >= 11 is 0. The topological polar surface area (TPSA) is 58.4 Å². The van der Waals surface area contributed by atoms with Crippen molar-refractivity contribution >= 4 is 11.8 Å². The van der Waals surface area contributed by atoms with Crippen molar-refractivity contribution in [3.05, 3.63) is 53.1 Å². The summed E-state index contributed by atoms with van der Waals surface area (Å²) in [4.78, 5) is 29.5. The van der Waals surface area contributed by atoms with Crippen LogP contribution in [0.15, 0.2) is 30.3 Å². The monoisotopic (exact) mass is 386 g/mol. The standard InChI is InChI=1S/C21H27FN4O2/c1-14(2)19-13-25(21(28)18-11-15(3)23-24(18)4)10-9-20(27)26(19)12-16-5-7-17(22)8-6-16/h5-8,11,14,19H,9-10,12-13H2,1-4H3. The molecule has 1 aliphatic rings. The Morgan fingerprint density at radius 2 is 1.96 bits per heavy atom. The van der Waals surface area contributed by atoms with Gasteiger partial charge in [-0.05, 0) is 36.6 Å². The lowest BCUT2D eigenvalue weighted by atomic mass is 10.0. The summed E-state index contributed by atoms with van der Waals surface area (Å²) in [6.45, 7) is 7.22. The van der Waals surface area contributed by atoms with Crippen molar-refractivity contribution in [2.75, 3.05) is 13.1 Å². The number of aromatic nitrogens is 2. The molecular formula is C21H27FN4O2. The molecule has 150 valence electrons. The van der Waals surface area contributed by atoms with Crippen molar-refractivity contribution in [2.24, 2.45) is 13.0 Å². The largest absolute Gasteiger partial charge is 0.335 e. The average molecular weight is 386 g/mol. The molecular weight excluding hydrogens is 359 g/mol. The number of carbonyl (C=O) groups is 2. The van der Waals surface area contributed by atoms with Gasteiger partial charge >= 0.3 is 0 Å². The van der Waals surface area contributed by atoms with Gasteiger partial charge in [0.2, 0.25) is 5.91 Å². The van der Waals surface area contributed by atoms with Crippen LogP contribution in [0.5, 0.6) is 0 Å². The molecule has 2 aromatic rings. The number of hydrogen-bond acceptors (Lipinski definition) is 3. The summed E-state index contributed by atoms with van der Waals surface area (Å²) < 4.78 is 14.8. The maximum absolute atomic E-state index is 13.2. The van der Waals surface area contributed by atoms with Crippen LogP contribution >= 0.6 is 0 Å². The summed E-state index contributed by atoms with van der Waals surface area (Å²) in [5, 5.41) is 4.26. The zero-order valence-electron chi connectivity index (χ0n) is 16.9. The Morgan fingerprint density at radius 1 is 1.29 bits per heavy atom. The SMILES string of the molecule is Cc1cc(C(=O)N2CCC(=O)N(Cc3ccc(F)cc3)C(C(C)C)C2)n(C)n1. The van der Waals surface area contributed by atoms with Crippen molar-refractivity contribution in [1.82, 2.24) is 19.6 Å². The number of halogens is 1. The van der Waals surface area contributed by atoms with Crippen molar-refractivity contribution < 1.29 is 14.0 Å². The molecule has 1 aromatic carbocycles. The highest BCUT2D eigenvalue weighted by atomic mass is 19.1. The molecule has 0 aliphatic carbocycles. The van der Waals surface area contributed by atoms with Gasteiger partial charge in [-0.15, -0.1) is 0 Å². The third kappa shape index (κ3) is 4.24. The Morgan fingerprint density at radius 3 is 2.54 bits per heavy atom. The lowest BCUT2D eigenvalue weighted by molar-refractivity contribution is -0.134. The Kier molecular flexibility index (Phi) is 5.82. The molecule has 1 unspecified atom stereocenters. The first-order chi connectivity index (χ1) is 13.3. The zero-order valence-corrected chi connectivity index (χ0v) is 16.9. The molecule has 1 atom stereocenters. The molecule has 3 rings (SSSR count). The zero-order chi connectivity index (χ0) is 20.4. The minimum absolute atomic E-state index is 0.0134. The first kappa shape index (κ1) is 20.0. The van der Waals surface area contributed by atoms with E-state index >= 15 is 0 Å². The van der Waals surface area contributed by atoms with E-state index < -0.39 is 0 Å². The van der Waals surface area contributed by atoms with Gasteiger partial charge in [0.15, 0.2) is 0 Å². The minimum atomic E-state index is -0.297. The molecule has 7 heteroatoms. The van der Waals surface area contributed by atoms with Crippen molar-refractivity contribution in [3.8, 4) is 0 Å². The molecule has 0 spiro atoms. The van der Waals surface area contributed by atoms with Gasteiger partial charge in [-0.3, -0.25) is 14.3 Å². The van der Waals surface area contributed by atoms with Gasteiger partial charge in [0.1, 0.15) is 11.5 Å². The molecule has 1 fully saturated rings. The van der Waals surface area contributed by atoms with Crippen molar-refractivity contribution in [3.63, 3.8) is 0 Å². The quantitative estimate of drug-likeness (QED) is 0.812. The van der Waals surface area contributed by atoms with Gasteiger partial charge in [-0.2, -0.15) is 5.10 Å². The number of rotatable bonds is 4. The fraction of sp³-hybridized carbons (Fsp3) is 0.476. The highest BCUT2D eigenvalue weighted by Crippen LogP contribution is 2.22. The van der Waals surface area contributed by atoms with Crippen LogP contribution in [-0.4, -0.2) is 50.5 Å². The van der Waals surface area contributed by atoms with E-state index in [9.17, 15) is 14.0 Å². The number of benzene rings is 1. The molecule has 28 heavy (non-hydrogen) atoms. The lowest BCUT2D eigenvalue weighted by Gasteiger charge is -2.34. The van der Waals surface area contributed by atoms with E-state index in [0.717, 1.165) is 11.3 Å².